The number of nitrogens with two attached hydrogens (primary N) is 1. The van der Waals surface area contributed by atoms with Crippen molar-refractivity contribution in [3.05, 3.63) is 0 Å². The van der Waals surface area contributed by atoms with Gasteiger partial charge in [0.1, 0.15) is 0 Å². The Morgan fingerprint density at radius 2 is 1.89 bits per heavy atom. The third-order valence-electron chi connectivity index (χ3n) is 4.45. The normalized spacial score (nSPS) is 31.3. The van der Waals surface area contributed by atoms with Crippen LogP contribution in [0, 0.1) is 11.8 Å². The molecule has 5 nitrogen and oxygen atoms in total. The van der Waals surface area contributed by atoms with E-state index in [9.17, 15) is 9.59 Å². The number of amides is 2. The van der Waals surface area contributed by atoms with Crippen molar-refractivity contribution in [2.24, 2.45) is 17.6 Å². The fourth-order valence-electron chi connectivity index (χ4n) is 3.27. The second kappa shape index (κ2) is 6.37. The van der Waals surface area contributed by atoms with Crippen molar-refractivity contribution in [2.75, 3.05) is 19.6 Å². The molecular weight excluding hydrogens is 242 g/mol. The predicted octanol–water partition coefficient (Wildman–Crippen LogP) is 0.489. The van der Waals surface area contributed by atoms with Crippen molar-refractivity contribution in [3.8, 4) is 0 Å². The third-order valence-corrected chi connectivity index (χ3v) is 4.45. The Hall–Kier alpha value is -1.10. The van der Waals surface area contributed by atoms with E-state index < -0.39 is 0 Å². The lowest BCUT2D eigenvalue weighted by Crippen LogP contribution is -2.49. The van der Waals surface area contributed by atoms with Gasteiger partial charge in [0.05, 0.1) is 12.5 Å². The molecule has 1 saturated heterocycles. The molecule has 3 unspecified atom stereocenters. The molecule has 0 radical (unpaired) electrons. The fraction of sp³-hybridized carbons (Fsp3) is 0.857. The Kier molecular flexibility index (Phi) is 4.80. The Morgan fingerprint density at radius 3 is 2.53 bits per heavy atom. The fourth-order valence-corrected chi connectivity index (χ4v) is 3.27. The number of likely N-dealkylation sites (tertiary alicyclic amines) is 1. The maximum Gasteiger partial charge on any atom is 0.241 e. The molecule has 5 heteroatoms. The second-order valence-corrected chi connectivity index (χ2v) is 5.90. The van der Waals surface area contributed by atoms with E-state index in [1.165, 1.54) is 0 Å². The number of nitrogens with one attached hydrogen (secondary N) is 1. The highest BCUT2D eigenvalue weighted by molar-refractivity contribution is 5.86. The maximum atomic E-state index is 12.2. The summed E-state index contributed by atoms with van der Waals surface area (Å²) in [5.41, 5.74) is 6.04. The molecule has 0 aromatic carbocycles. The molecule has 0 bridgehead atoms. The number of hydrogen-bond acceptors (Lipinski definition) is 3. The number of carbonyl (C=O) groups excluding carboxylic acids is 2. The Labute approximate surface area is 114 Å². The molecule has 0 spiro atoms. The average Bonchev–Trinajstić information content (AvgIpc) is 2.89. The van der Waals surface area contributed by atoms with Gasteiger partial charge in [-0.15, -0.1) is 0 Å². The van der Waals surface area contributed by atoms with Crippen LogP contribution in [0.5, 0.6) is 0 Å². The van der Waals surface area contributed by atoms with Gasteiger partial charge in [-0.25, -0.2) is 0 Å². The van der Waals surface area contributed by atoms with Crippen LogP contribution in [0.15, 0.2) is 0 Å². The van der Waals surface area contributed by atoms with E-state index in [1.807, 2.05) is 4.90 Å². The second-order valence-electron chi connectivity index (χ2n) is 5.90. The smallest absolute Gasteiger partial charge is 0.241 e. The van der Waals surface area contributed by atoms with Crippen LogP contribution in [0.3, 0.4) is 0 Å². The number of hydrogen-bond donors (Lipinski definition) is 2. The summed E-state index contributed by atoms with van der Waals surface area (Å²) in [7, 11) is 0. The average molecular weight is 267 g/mol. The van der Waals surface area contributed by atoms with Gasteiger partial charge in [0.25, 0.3) is 0 Å². The highest BCUT2D eigenvalue weighted by atomic mass is 16.2. The summed E-state index contributed by atoms with van der Waals surface area (Å²) in [5.74, 6) is 0.154. The number of rotatable bonds is 3. The zero-order chi connectivity index (χ0) is 13.8. The first kappa shape index (κ1) is 14.3. The van der Waals surface area contributed by atoms with Crippen LogP contribution in [-0.4, -0.2) is 42.4 Å². The maximum absolute atomic E-state index is 12.2. The minimum Gasteiger partial charge on any atom is -0.347 e. The first-order chi connectivity index (χ1) is 9.09. The summed E-state index contributed by atoms with van der Waals surface area (Å²) in [6, 6.07) is -0.0642. The molecule has 2 fully saturated rings. The topological polar surface area (TPSA) is 75.4 Å². The first-order valence-corrected chi connectivity index (χ1v) is 7.40. The highest BCUT2D eigenvalue weighted by Gasteiger charge is 2.34. The van der Waals surface area contributed by atoms with Crippen LogP contribution in [0.2, 0.25) is 0 Å². The van der Waals surface area contributed by atoms with Gasteiger partial charge in [0.15, 0.2) is 0 Å². The van der Waals surface area contributed by atoms with E-state index >= 15 is 0 Å². The molecule has 0 aromatic heterocycles. The number of nitrogens with zero attached hydrogens (tertiary/aromatic N) is 1. The molecule has 0 aromatic rings. The molecule has 1 heterocycles. The Morgan fingerprint density at radius 1 is 1.21 bits per heavy atom. The summed E-state index contributed by atoms with van der Waals surface area (Å²) in [5, 5.41) is 2.78. The molecule has 1 saturated carbocycles. The van der Waals surface area contributed by atoms with Crippen LogP contribution in [0.1, 0.15) is 39.0 Å². The lowest BCUT2D eigenvalue weighted by Gasteiger charge is -2.33. The molecule has 3 N–H and O–H groups in total. The zero-order valence-electron chi connectivity index (χ0n) is 11.7. The largest absolute Gasteiger partial charge is 0.347 e. The summed E-state index contributed by atoms with van der Waals surface area (Å²) in [6.45, 7) is 3.85. The summed E-state index contributed by atoms with van der Waals surface area (Å²) < 4.78 is 0. The summed E-state index contributed by atoms with van der Waals surface area (Å²) in [6.07, 6.45) is 5.20. The minimum atomic E-state index is -0.139. The van der Waals surface area contributed by atoms with Crippen molar-refractivity contribution in [1.82, 2.24) is 10.2 Å². The number of carbonyl (C=O) groups is 2. The van der Waals surface area contributed by atoms with Gasteiger partial charge in [-0.3, -0.25) is 9.59 Å². The van der Waals surface area contributed by atoms with Gasteiger partial charge in [0, 0.05) is 19.1 Å². The molecule has 2 amide bonds. The van der Waals surface area contributed by atoms with Gasteiger partial charge >= 0.3 is 0 Å². The van der Waals surface area contributed by atoms with Gasteiger partial charge in [-0.05, 0) is 31.6 Å². The molecule has 1 aliphatic heterocycles. The van der Waals surface area contributed by atoms with E-state index in [0.29, 0.717) is 5.92 Å². The van der Waals surface area contributed by atoms with Crippen molar-refractivity contribution in [2.45, 2.75) is 45.1 Å². The van der Waals surface area contributed by atoms with E-state index in [0.717, 1.165) is 45.2 Å². The van der Waals surface area contributed by atoms with Crippen molar-refractivity contribution < 1.29 is 9.59 Å². The van der Waals surface area contributed by atoms with Crippen LogP contribution < -0.4 is 11.1 Å². The third kappa shape index (κ3) is 3.47. The van der Waals surface area contributed by atoms with Gasteiger partial charge in [-0.2, -0.15) is 0 Å². The van der Waals surface area contributed by atoms with Crippen LogP contribution >= 0.6 is 0 Å². The lowest BCUT2D eigenvalue weighted by molar-refractivity contribution is -0.134. The van der Waals surface area contributed by atoms with Crippen LogP contribution in [0.25, 0.3) is 0 Å². The van der Waals surface area contributed by atoms with E-state index in [4.69, 9.17) is 5.73 Å². The van der Waals surface area contributed by atoms with Gasteiger partial charge in [-0.1, -0.05) is 13.3 Å². The molecule has 2 rings (SSSR count). The van der Waals surface area contributed by atoms with E-state index in [-0.39, 0.29) is 30.3 Å². The van der Waals surface area contributed by atoms with Crippen molar-refractivity contribution >= 4 is 11.8 Å². The van der Waals surface area contributed by atoms with E-state index in [1.54, 1.807) is 0 Å². The van der Waals surface area contributed by atoms with Gasteiger partial charge in [0.2, 0.25) is 11.8 Å². The standard InChI is InChI=1S/C14H25N3O2/c1-10-5-4-6-11(15)13(10)14(19)16-9-12(18)17-7-2-3-8-17/h10-11,13H,2-9,15H2,1H3,(H,16,19). The summed E-state index contributed by atoms with van der Waals surface area (Å²) in [4.78, 5) is 25.9. The molecular formula is C14H25N3O2. The van der Waals surface area contributed by atoms with Crippen LogP contribution in [0.4, 0.5) is 0 Å². The summed E-state index contributed by atoms with van der Waals surface area (Å²) >= 11 is 0. The predicted molar refractivity (Wildman–Crippen MR) is 73.3 cm³/mol. The quantitative estimate of drug-likeness (QED) is 0.781. The minimum absolute atomic E-state index is 0.0304. The molecule has 2 aliphatic rings. The SMILES string of the molecule is CC1CCCC(N)C1C(=O)NCC(=O)N1CCCC1. The van der Waals surface area contributed by atoms with E-state index in [2.05, 4.69) is 12.2 Å². The Balaban J connectivity index is 1.81. The van der Waals surface area contributed by atoms with Gasteiger partial charge < -0.3 is 16.0 Å². The monoisotopic (exact) mass is 267 g/mol. The molecule has 1 aliphatic carbocycles. The molecule has 3 atom stereocenters. The lowest BCUT2D eigenvalue weighted by atomic mass is 9.76. The molecule has 19 heavy (non-hydrogen) atoms. The first-order valence-electron chi connectivity index (χ1n) is 7.40. The zero-order valence-corrected chi connectivity index (χ0v) is 11.7. The van der Waals surface area contributed by atoms with Crippen LogP contribution in [-0.2, 0) is 9.59 Å². The van der Waals surface area contributed by atoms with Crippen molar-refractivity contribution in [1.29, 1.82) is 0 Å². The Bertz CT molecular complexity index is 330. The molecule has 108 valence electrons. The van der Waals surface area contributed by atoms with Crippen molar-refractivity contribution in [3.63, 3.8) is 0 Å². The highest BCUT2D eigenvalue weighted by Crippen LogP contribution is 2.28.